The number of fused-ring (bicyclic) bond motifs is 1. The molecule has 1 aromatic carbocycles. The number of Topliss-reactive ketones (excluding diaryl/α,β-unsaturated/α-hetero) is 1. The number of alkyl halides is 1. The fourth-order valence-corrected chi connectivity index (χ4v) is 4.45. The summed E-state index contributed by atoms with van der Waals surface area (Å²) in [5, 5.41) is 9.37. The average molecular weight is 342 g/mol. The Bertz CT molecular complexity index is 574. The van der Waals surface area contributed by atoms with Crippen LogP contribution in [-0.4, -0.2) is 15.8 Å². The number of phenols is 1. The van der Waals surface area contributed by atoms with Gasteiger partial charge in [0.25, 0.3) is 0 Å². The van der Waals surface area contributed by atoms with Crippen molar-refractivity contribution in [2.45, 2.75) is 24.6 Å². The molecule has 19 heavy (non-hydrogen) atoms. The maximum atomic E-state index is 12.3. The van der Waals surface area contributed by atoms with Crippen LogP contribution in [0.1, 0.15) is 25.3 Å². The Hall–Kier alpha value is -0.800. The van der Waals surface area contributed by atoms with Gasteiger partial charge in [-0.05, 0) is 64.9 Å². The molecule has 1 fully saturated rings. The predicted octanol–water partition coefficient (Wildman–Crippen LogP) is 4.10. The molecule has 0 saturated heterocycles. The van der Waals surface area contributed by atoms with Crippen LogP contribution in [0.25, 0.3) is 5.57 Å². The Labute approximate surface area is 125 Å². The van der Waals surface area contributed by atoms with Gasteiger partial charge in [0.1, 0.15) is 5.75 Å². The Morgan fingerprint density at radius 2 is 1.84 bits per heavy atom. The number of halogens is 2. The molecule has 2 aliphatic carbocycles. The molecule has 1 aromatic rings. The van der Waals surface area contributed by atoms with E-state index in [0.29, 0.717) is 4.48 Å². The van der Waals surface area contributed by atoms with Gasteiger partial charge in [-0.15, -0.1) is 11.6 Å². The number of allylic oxidation sites excluding steroid dienone is 2. The molecule has 100 valence electrons. The van der Waals surface area contributed by atoms with Gasteiger partial charge in [0.15, 0.2) is 5.78 Å². The number of hydrogen-bond acceptors (Lipinski definition) is 2. The second-order valence-corrected chi connectivity index (χ2v) is 7.38. The van der Waals surface area contributed by atoms with E-state index in [0.717, 1.165) is 24.0 Å². The Kier molecular flexibility index (Phi) is 3.02. The monoisotopic (exact) mass is 340 g/mol. The lowest BCUT2D eigenvalue weighted by Crippen LogP contribution is -2.14. The van der Waals surface area contributed by atoms with Crippen LogP contribution in [0.15, 0.2) is 28.7 Å². The zero-order valence-corrected chi connectivity index (χ0v) is 12.8. The van der Waals surface area contributed by atoms with Crippen LogP contribution in [-0.2, 0) is 4.79 Å². The molecule has 0 radical (unpaired) electrons. The number of rotatable bonds is 1. The molecule has 3 rings (SSSR count). The largest absolute Gasteiger partial charge is 0.508 e. The summed E-state index contributed by atoms with van der Waals surface area (Å²) in [6.45, 7) is 2.00. The summed E-state index contributed by atoms with van der Waals surface area (Å²) >= 11 is 9.87. The predicted molar refractivity (Wildman–Crippen MR) is 79.4 cm³/mol. The highest BCUT2D eigenvalue weighted by molar-refractivity contribution is 9.12. The number of phenolic OH excluding ortho intramolecular Hbond substituents is 1. The molecule has 1 saturated carbocycles. The van der Waals surface area contributed by atoms with E-state index in [9.17, 15) is 9.90 Å². The van der Waals surface area contributed by atoms with Crippen molar-refractivity contribution in [3.63, 3.8) is 0 Å². The summed E-state index contributed by atoms with van der Waals surface area (Å²) in [5.41, 5.74) is 2.03. The molecule has 2 nitrogen and oxygen atoms in total. The van der Waals surface area contributed by atoms with Crippen molar-refractivity contribution in [3.8, 4) is 5.75 Å². The number of carbonyl (C=O) groups is 1. The zero-order chi connectivity index (χ0) is 13.8. The number of carbonyl (C=O) groups excluding carboxylic acids is 1. The van der Waals surface area contributed by atoms with E-state index in [4.69, 9.17) is 11.6 Å². The normalized spacial score (nSPS) is 33.9. The first-order valence-electron chi connectivity index (χ1n) is 6.31. The van der Waals surface area contributed by atoms with Crippen molar-refractivity contribution >= 4 is 38.9 Å². The summed E-state index contributed by atoms with van der Waals surface area (Å²) < 4.78 is 0.681. The van der Waals surface area contributed by atoms with Crippen molar-refractivity contribution in [1.82, 2.24) is 0 Å². The minimum absolute atomic E-state index is 0.000628. The minimum atomic E-state index is -0.291. The third-order valence-electron chi connectivity index (χ3n) is 4.12. The lowest BCUT2D eigenvalue weighted by Gasteiger charge is -2.17. The second-order valence-electron chi connectivity index (χ2n) is 5.67. The molecular weight excluding hydrogens is 328 g/mol. The molecule has 4 heteroatoms. The highest BCUT2D eigenvalue weighted by atomic mass is 79.9. The third-order valence-corrected chi connectivity index (χ3v) is 5.24. The molecule has 0 unspecified atom stereocenters. The smallest absolute Gasteiger partial charge is 0.173 e. The average Bonchev–Trinajstić information content (AvgIpc) is 2.76. The highest BCUT2D eigenvalue weighted by Crippen LogP contribution is 2.55. The fourth-order valence-electron chi connectivity index (χ4n) is 3.30. The number of hydrogen-bond donors (Lipinski definition) is 1. The van der Waals surface area contributed by atoms with Gasteiger partial charge in [0.05, 0.1) is 4.48 Å². The molecule has 0 bridgehead atoms. The van der Waals surface area contributed by atoms with Crippen LogP contribution in [0, 0.1) is 11.8 Å². The van der Waals surface area contributed by atoms with Gasteiger partial charge in [0.2, 0.25) is 0 Å². The van der Waals surface area contributed by atoms with Gasteiger partial charge in [-0.2, -0.15) is 0 Å². The molecule has 0 aromatic heterocycles. The first-order valence-corrected chi connectivity index (χ1v) is 7.48. The molecular formula is C15H14BrClO2. The van der Waals surface area contributed by atoms with E-state index >= 15 is 0 Å². The van der Waals surface area contributed by atoms with Gasteiger partial charge in [-0.3, -0.25) is 4.79 Å². The molecule has 0 amide bonds. The van der Waals surface area contributed by atoms with Crippen molar-refractivity contribution in [1.29, 1.82) is 0 Å². The summed E-state index contributed by atoms with van der Waals surface area (Å²) in [4.78, 5) is 12.0. The number of benzene rings is 1. The van der Waals surface area contributed by atoms with E-state index in [1.165, 1.54) is 0 Å². The summed E-state index contributed by atoms with van der Waals surface area (Å²) in [7, 11) is 0. The standard InChI is InChI=1S/C15H14BrClO2/c1-15(17)6-10-11(7-15)14(19)13(16)12(10)8-2-4-9(18)5-3-8/h2-5,10-11,18H,6-7H2,1H3/t10-,11+,15-/m0/s1. The van der Waals surface area contributed by atoms with Crippen molar-refractivity contribution in [2.24, 2.45) is 11.8 Å². The SMILES string of the molecule is C[C@]1(Cl)C[C@@H]2C(c3ccc(O)cc3)=C(Br)C(=O)[C@@H]2C1. The molecule has 0 aliphatic heterocycles. The van der Waals surface area contributed by atoms with Gasteiger partial charge < -0.3 is 5.11 Å². The van der Waals surface area contributed by atoms with Crippen LogP contribution < -0.4 is 0 Å². The van der Waals surface area contributed by atoms with E-state index in [1.807, 2.05) is 19.1 Å². The van der Waals surface area contributed by atoms with E-state index < -0.39 is 0 Å². The van der Waals surface area contributed by atoms with Crippen molar-refractivity contribution < 1.29 is 9.90 Å². The maximum Gasteiger partial charge on any atom is 0.173 e. The van der Waals surface area contributed by atoms with Gasteiger partial charge >= 0.3 is 0 Å². The van der Waals surface area contributed by atoms with Crippen LogP contribution in [0.4, 0.5) is 0 Å². The first kappa shape index (κ1) is 13.2. The van der Waals surface area contributed by atoms with Crippen LogP contribution >= 0.6 is 27.5 Å². The van der Waals surface area contributed by atoms with Crippen LogP contribution in [0.2, 0.25) is 0 Å². The second kappa shape index (κ2) is 4.35. The Morgan fingerprint density at radius 1 is 1.26 bits per heavy atom. The first-order chi connectivity index (χ1) is 8.89. The van der Waals surface area contributed by atoms with Gasteiger partial charge in [-0.25, -0.2) is 0 Å². The minimum Gasteiger partial charge on any atom is -0.508 e. The quantitative estimate of drug-likeness (QED) is 0.781. The molecule has 0 spiro atoms. The highest BCUT2D eigenvalue weighted by Gasteiger charge is 2.51. The van der Waals surface area contributed by atoms with Crippen LogP contribution in [0.3, 0.4) is 0 Å². The number of ketones is 1. The fraction of sp³-hybridized carbons (Fsp3) is 0.400. The van der Waals surface area contributed by atoms with E-state index in [2.05, 4.69) is 15.9 Å². The summed E-state index contributed by atoms with van der Waals surface area (Å²) in [6, 6.07) is 7.00. The molecule has 2 aliphatic rings. The maximum absolute atomic E-state index is 12.3. The molecule has 1 N–H and O–H groups in total. The van der Waals surface area contributed by atoms with E-state index in [1.54, 1.807) is 12.1 Å². The van der Waals surface area contributed by atoms with Gasteiger partial charge in [0, 0.05) is 10.8 Å². The lowest BCUT2D eigenvalue weighted by atomic mass is 9.90. The summed E-state index contributed by atoms with van der Waals surface area (Å²) in [5.74, 6) is 0.585. The number of aromatic hydroxyl groups is 1. The molecule has 3 atom stereocenters. The Morgan fingerprint density at radius 3 is 2.47 bits per heavy atom. The summed E-state index contributed by atoms with van der Waals surface area (Å²) in [6.07, 6.45) is 1.55. The molecule has 0 heterocycles. The van der Waals surface area contributed by atoms with Crippen molar-refractivity contribution in [2.75, 3.05) is 0 Å². The topological polar surface area (TPSA) is 37.3 Å². The third kappa shape index (κ3) is 2.13. The van der Waals surface area contributed by atoms with Crippen molar-refractivity contribution in [3.05, 3.63) is 34.3 Å². The zero-order valence-electron chi connectivity index (χ0n) is 10.5. The van der Waals surface area contributed by atoms with Crippen LogP contribution in [0.5, 0.6) is 5.75 Å². The lowest BCUT2D eigenvalue weighted by molar-refractivity contribution is -0.118. The van der Waals surface area contributed by atoms with E-state index in [-0.39, 0.29) is 28.2 Å². The van der Waals surface area contributed by atoms with Gasteiger partial charge in [-0.1, -0.05) is 12.1 Å². The Balaban J connectivity index is 2.05.